The van der Waals surface area contributed by atoms with E-state index in [1.54, 1.807) is 0 Å². The summed E-state index contributed by atoms with van der Waals surface area (Å²) in [6.07, 6.45) is 4.81. The molecule has 1 aliphatic rings. The molecular weight excluding hydrogens is 232 g/mol. The van der Waals surface area contributed by atoms with Crippen LogP contribution in [0, 0.1) is 0 Å². The fourth-order valence-electron chi connectivity index (χ4n) is 2.77. The van der Waals surface area contributed by atoms with E-state index in [1.165, 1.54) is 29.7 Å². The smallest absolute Gasteiger partial charge is 0.0417 e. The van der Waals surface area contributed by atoms with E-state index in [1.807, 2.05) is 0 Å². The summed E-state index contributed by atoms with van der Waals surface area (Å²) >= 11 is 0. The van der Waals surface area contributed by atoms with Gasteiger partial charge in [-0.25, -0.2) is 0 Å². The zero-order valence-electron chi connectivity index (χ0n) is 12.4. The number of benzene rings is 1. The Morgan fingerprint density at radius 3 is 2.89 bits per heavy atom. The van der Waals surface area contributed by atoms with Gasteiger partial charge in [-0.15, -0.1) is 0 Å². The second-order valence-corrected chi connectivity index (χ2v) is 5.54. The van der Waals surface area contributed by atoms with Gasteiger partial charge in [-0.05, 0) is 44.9 Å². The summed E-state index contributed by atoms with van der Waals surface area (Å²) in [6, 6.07) is 9.38. The van der Waals surface area contributed by atoms with Gasteiger partial charge >= 0.3 is 0 Å². The molecule has 0 aliphatic carbocycles. The Morgan fingerprint density at radius 2 is 2.16 bits per heavy atom. The van der Waals surface area contributed by atoms with Crippen molar-refractivity contribution in [2.24, 2.45) is 0 Å². The van der Waals surface area contributed by atoms with Crippen molar-refractivity contribution in [1.29, 1.82) is 0 Å². The monoisotopic (exact) mass is 258 g/mol. The molecule has 104 valence electrons. The van der Waals surface area contributed by atoms with Crippen LogP contribution >= 0.6 is 0 Å². The number of hydrogen-bond acceptors (Lipinski definition) is 2. The third kappa shape index (κ3) is 3.60. The van der Waals surface area contributed by atoms with E-state index < -0.39 is 0 Å². The summed E-state index contributed by atoms with van der Waals surface area (Å²) in [6.45, 7) is 9.75. The fourth-order valence-corrected chi connectivity index (χ4v) is 2.77. The van der Waals surface area contributed by atoms with E-state index in [2.05, 4.69) is 61.3 Å². The lowest BCUT2D eigenvalue weighted by atomic mass is 10.0. The van der Waals surface area contributed by atoms with Gasteiger partial charge in [0.05, 0.1) is 0 Å². The van der Waals surface area contributed by atoms with Crippen LogP contribution in [-0.2, 0) is 0 Å². The highest BCUT2D eigenvalue weighted by molar-refractivity contribution is 5.56. The van der Waals surface area contributed by atoms with Crippen LogP contribution in [0.5, 0.6) is 0 Å². The van der Waals surface area contributed by atoms with E-state index in [0.717, 1.165) is 19.6 Å². The summed E-state index contributed by atoms with van der Waals surface area (Å²) in [7, 11) is 0. The molecule has 1 aromatic rings. The molecule has 1 N–H and O–H groups in total. The molecule has 0 fully saturated rings. The normalized spacial score (nSPS) is 18.7. The molecule has 1 aliphatic heterocycles. The summed E-state index contributed by atoms with van der Waals surface area (Å²) in [5.41, 5.74) is 4.26. The van der Waals surface area contributed by atoms with Crippen LogP contribution < -0.4 is 10.2 Å². The highest BCUT2D eigenvalue weighted by Gasteiger charge is 2.21. The first-order valence-corrected chi connectivity index (χ1v) is 7.43. The SMILES string of the molecule is CCNC1CCCN(CC=C(C)C)c2ccccc21. The van der Waals surface area contributed by atoms with Gasteiger partial charge in [-0.2, -0.15) is 0 Å². The molecule has 0 saturated heterocycles. The van der Waals surface area contributed by atoms with Crippen molar-refractivity contribution in [2.45, 2.75) is 39.7 Å². The van der Waals surface area contributed by atoms with Gasteiger partial charge < -0.3 is 10.2 Å². The molecule has 0 saturated carbocycles. The molecule has 1 unspecified atom stereocenters. The van der Waals surface area contributed by atoms with Crippen LogP contribution in [0.4, 0.5) is 5.69 Å². The van der Waals surface area contributed by atoms with Crippen molar-refractivity contribution in [3.63, 3.8) is 0 Å². The van der Waals surface area contributed by atoms with Crippen LogP contribution in [0.15, 0.2) is 35.9 Å². The van der Waals surface area contributed by atoms with E-state index in [4.69, 9.17) is 0 Å². The molecule has 2 nitrogen and oxygen atoms in total. The Morgan fingerprint density at radius 1 is 1.37 bits per heavy atom. The lowest BCUT2D eigenvalue weighted by Gasteiger charge is -2.25. The molecule has 1 atom stereocenters. The van der Waals surface area contributed by atoms with Crippen LogP contribution in [0.1, 0.15) is 45.2 Å². The van der Waals surface area contributed by atoms with Crippen molar-refractivity contribution in [3.05, 3.63) is 41.5 Å². The van der Waals surface area contributed by atoms with Gasteiger partial charge in [-0.1, -0.05) is 36.8 Å². The van der Waals surface area contributed by atoms with Crippen LogP contribution in [0.3, 0.4) is 0 Å². The third-order valence-corrected chi connectivity index (χ3v) is 3.74. The number of anilines is 1. The van der Waals surface area contributed by atoms with E-state index in [9.17, 15) is 0 Å². The molecule has 0 aromatic heterocycles. The van der Waals surface area contributed by atoms with Gasteiger partial charge in [0.15, 0.2) is 0 Å². The molecule has 2 heteroatoms. The maximum absolute atomic E-state index is 3.62. The second-order valence-electron chi connectivity index (χ2n) is 5.54. The zero-order chi connectivity index (χ0) is 13.7. The van der Waals surface area contributed by atoms with Crippen LogP contribution in [0.2, 0.25) is 0 Å². The first-order valence-electron chi connectivity index (χ1n) is 7.43. The van der Waals surface area contributed by atoms with E-state index in [-0.39, 0.29) is 0 Å². The molecular formula is C17H26N2. The van der Waals surface area contributed by atoms with Gasteiger partial charge in [0.25, 0.3) is 0 Å². The minimum absolute atomic E-state index is 0.512. The Bertz CT molecular complexity index is 433. The minimum atomic E-state index is 0.512. The standard InChI is InChI=1S/C17H26N2/c1-4-18-16-9-7-12-19(13-11-14(2)3)17-10-6-5-8-15(16)17/h5-6,8,10-11,16,18H,4,7,9,12-13H2,1-3H3. The number of hydrogen-bond donors (Lipinski definition) is 1. The topological polar surface area (TPSA) is 15.3 Å². The van der Waals surface area contributed by atoms with Gasteiger partial charge in [0.1, 0.15) is 0 Å². The summed E-state index contributed by atoms with van der Waals surface area (Å²) < 4.78 is 0. The number of fused-ring (bicyclic) bond motifs is 1. The van der Waals surface area contributed by atoms with Crippen molar-refractivity contribution >= 4 is 5.69 Å². The zero-order valence-corrected chi connectivity index (χ0v) is 12.4. The molecule has 0 spiro atoms. The van der Waals surface area contributed by atoms with Crippen molar-refractivity contribution in [1.82, 2.24) is 5.32 Å². The first kappa shape index (κ1) is 14.1. The molecule has 0 bridgehead atoms. The molecule has 2 rings (SSSR count). The highest BCUT2D eigenvalue weighted by Crippen LogP contribution is 2.32. The van der Waals surface area contributed by atoms with Crippen LogP contribution in [-0.4, -0.2) is 19.6 Å². The Balaban J connectivity index is 2.27. The number of rotatable bonds is 4. The lowest BCUT2D eigenvalue weighted by molar-refractivity contribution is 0.511. The van der Waals surface area contributed by atoms with Gasteiger partial charge in [-0.3, -0.25) is 0 Å². The Labute approximate surface area is 117 Å². The first-order chi connectivity index (χ1) is 9.22. The van der Waals surface area contributed by atoms with Gasteiger partial charge in [0, 0.05) is 24.8 Å². The number of allylic oxidation sites excluding steroid dienone is 1. The van der Waals surface area contributed by atoms with Crippen LogP contribution in [0.25, 0.3) is 0 Å². The Hall–Kier alpha value is -1.28. The van der Waals surface area contributed by atoms with E-state index >= 15 is 0 Å². The molecule has 0 radical (unpaired) electrons. The maximum atomic E-state index is 3.62. The number of nitrogens with one attached hydrogen (secondary N) is 1. The minimum Gasteiger partial charge on any atom is -0.368 e. The predicted octanol–water partition coefficient (Wildman–Crippen LogP) is 3.90. The number of para-hydroxylation sites is 1. The summed E-state index contributed by atoms with van der Waals surface area (Å²) in [5, 5.41) is 3.62. The molecule has 1 aromatic carbocycles. The summed E-state index contributed by atoms with van der Waals surface area (Å²) in [5.74, 6) is 0. The maximum Gasteiger partial charge on any atom is 0.0417 e. The molecule has 19 heavy (non-hydrogen) atoms. The predicted molar refractivity (Wildman–Crippen MR) is 83.7 cm³/mol. The average Bonchev–Trinajstić information content (AvgIpc) is 2.57. The van der Waals surface area contributed by atoms with Gasteiger partial charge in [0.2, 0.25) is 0 Å². The quantitative estimate of drug-likeness (QED) is 0.824. The molecule has 1 heterocycles. The lowest BCUT2D eigenvalue weighted by Crippen LogP contribution is -2.24. The largest absolute Gasteiger partial charge is 0.368 e. The van der Waals surface area contributed by atoms with Crippen molar-refractivity contribution in [3.8, 4) is 0 Å². The summed E-state index contributed by atoms with van der Waals surface area (Å²) in [4.78, 5) is 2.51. The third-order valence-electron chi connectivity index (χ3n) is 3.74. The molecule has 0 amide bonds. The van der Waals surface area contributed by atoms with Crippen molar-refractivity contribution < 1.29 is 0 Å². The second kappa shape index (κ2) is 6.76. The highest BCUT2D eigenvalue weighted by atomic mass is 15.1. The fraction of sp³-hybridized carbons (Fsp3) is 0.529. The average molecular weight is 258 g/mol. The van der Waals surface area contributed by atoms with E-state index in [0.29, 0.717) is 6.04 Å². The Kier molecular flexibility index (Phi) is 5.03. The van der Waals surface area contributed by atoms with Crippen molar-refractivity contribution in [2.75, 3.05) is 24.5 Å². The number of nitrogens with zero attached hydrogens (tertiary/aromatic N) is 1.